The van der Waals surface area contributed by atoms with Gasteiger partial charge < -0.3 is 9.47 Å². The van der Waals surface area contributed by atoms with Gasteiger partial charge in [0.15, 0.2) is 5.41 Å². The van der Waals surface area contributed by atoms with Crippen LogP contribution in [0.3, 0.4) is 0 Å². The van der Waals surface area contributed by atoms with Crippen molar-refractivity contribution < 1.29 is 23.9 Å². The van der Waals surface area contributed by atoms with Crippen molar-refractivity contribution in [2.45, 2.75) is 25.5 Å². The summed E-state index contributed by atoms with van der Waals surface area (Å²) in [6, 6.07) is 16.1. The van der Waals surface area contributed by atoms with Gasteiger partial charge in [-0.1, -0.05) is 54.1 Å². The molecule has 0 amide bonds. The quantitative estimate of drug-likeness (QED) is 0.436. The maximum Gasteiger partial charge on any atom is 0.325 e. The standard InChI is InChI=1S/C23H25NO5/c1-5-19-15-23(21(25)27-3,22(26)28-4)20(17-9-7-6-8-10-17)24(29-19)18-13-11-16(2)12-14-18/h5-14,19-20H,1,15H2,2-4H3/t19-,20?/m0/s1. The highest BCUT2D eigenvalue weighted by Crippen LogP contribution is 2.50. The molecule has 1 heterocycles. The molecule has 0 N–H and O–H groups in total. The van der Waals surface area contributed by atoms with Crippen LogP contribution in [0, 0.1) is 12.3 Å². The second-order valence-electron chi connectivity index (χ2n) is 7.01. The molecular formula is C23H25NO5. The van der Waals surface area contributed by atoms with Crippen LogP contribution in [0.4, 0.5) is 5.69 Å². The molecule has 2 atom stereocenters. The van der Waals surface area contributed by atoms with Gasteiger partial charge >= 0.3 is 11.9 Å². The Morgan fingerprint density at radius 2 is 1.66 bits per heavy atom. The van der Waals surface area contributed by atoms with E-state index < -0.39 is 29.5 Å². The monoisotopic (exact) mass is 395 g/mol. The molecule has 0 aliphatic carbocycles. The van der Waals surface area contributed by atoms with Crippen molar-refractivity contribution in [2.75, 3.05) is 19.3 Å². The van der Waals surface area contributed by atoms with Crippen LogP contribution in [-0.4, -0.2) is 32.3 Å². The summed E-state index contributed by atoms with van der Waals surface area (Å²) in [7, 11) is 2.54. The summed E-state index contributed by atoms with van der Waals surface area (Å²) in [6.07, 6.45) is 1.04. The van der Waals surface area contributed by atoms with Gasteiger partial charge in [-0.2, -0.15) is 0 Å². The molecule has 0 saturated carbocycles. The molecule has 1 saturated heterocycles. The molecule has 6 nitrogen and oxygen atoms in total. The van der Waals surface area contributed by atoms with Crippen LogP contribution >= 0.6 is 0 Å². The van der Waals surface area contributed by atoms with Gasteiger partial charge in [-0.3, -0.25) is 14.4 Å². The van der Waals surface area contributed by atoms with Gasteiger partial charge in [-0.05, 0) is 24.6 Å². The summed E-state index contributed by atoms with van der Waals surface area (Å²) in [5.74, 6) is -1.35. The smallest absolute Gasteiger partial charge is 0.325 e. The first-order chi connectivity index (χ1) is 14.0. The molecule has 1 aliphatic heterocycles. The van der Waals surface area contributed by atoms with Gasteiger partial charge in [-0.15, -0.1) is 6.58 Å². The largest absolute Gasteiger partial charge is 0.468 e. The SMILES string of the molecule is C=C[C@H]1CC(C(=O)OC)(C(=O)OC)C(c2ccccc2)N(c2ccc(C)cc2)O1. The van der Waals surface area contributed by atoms with Gasteiger partial charge in [0.05, 0.1) is 19.9 Å². The molecule has 0 aromatic heterocycles. The Kier molecular flexibility index (Phi) is 6.03. The van der Waals surface area contributed by atoms with Gasteiger partial charge in [0.1, 0.15) is 12.1 Å². The maximum absolute atomic E-state index is 13.1. The van der Waals surface area contributed by atoms with E-state index in [0.717, 1.165) is 11.1 Å². The summed E-state index contributed by atoms with van der Waals surface area (Å²) in [4.78, 5) is 32.4. The zero-order valence-corrected chi connectivity index (χ0v) is 16.8. The number of esters is 2. The highest BCUT2D eigenvalue weighted by atomic mass is 16.7. The van der Waals surface area contributed by atoms with E-state index in [1.54, 1.807) is 11.1 Å². The van der Waals surface area contributed by atoms with Crippen molar-refractivity contribution in [3.63, 3.8) is 0 Å². The molecule has 0 bridgehead atoms. The van der Waals surface area contributed by atoms with Crippen LogP contribution in [0.1, 0.15) is 23.6 Å². The highest BCUT2D eigenvalue weighted by molar-refractivity contribution is 6.02. The number of carbonyl (C=O) groups excluding carboxylic acids is 2. The third-order valence-corrected chi connectivity index (χ3v) is 5.24. The first-order valence-corrected chi connectivity index (χ1v) is 9.35. The number of ether oxygens (including phenoxy) is 2. The number of anilines is 1. The number of carbonyl (C=O) groups is 2. The summed E-state index contributed by atoms with van der Waals surface area (Å²) in [5.41, 5.74) is 0.876. The number of hydroxylamine groups is 1. The molecule has 1 unspecified atom stereocenters. The number of methoxy groups -OCH3 is 2. The van der Waals surface area contributed by atoms with E-state index in [0.29, 0.717) is 5.69 Å². The van der Waals surface area contributed by atoms with Gasteiger partial charge in [-0.25, -0.2) is 5.06 Å². The van der Waals surface area contributed by atoms with E-state index in [2.05, 4.69) is 6.58 Å². The second kappa shape index (κ2) is 8.49. The summed E-state index contributed by atoms with van der Waals surface area (Å²) in [5, 5.41) is 1.60. The lowest BCUT2D eigenvalue weighted by molar-refractivity contribution is -0.183. The Hall–Kier alpha value is -3.12. The minimum absolute atomic E-state index is 0.0533. The van der Waals surface area contributed by atoms with Crippen molar-refractivity contribution in [1.82, 2.24) is 0 Å². The average Bonchev–Trinajstić information content (AvgIpc) is 2.77. The molecule has 2 aromatic carbocycles. The minimum atomic E-state index is -1.63. The van der Waals surface area contributed by atoms with Gasteiger partial charge in [0.25, 0.3) is 0 Å². The molecule has 1 fully saturated rings. The third kappa shape index (κ3) is 3.63. The fourth-order valence-corrected chi connectivity index (χ4v) is 3.79. The predicted molar refractivity (Wildman–Crippen MR) is 109 cm³/mol. The lowest BCUT2D eigenvalue weighted by Gasteiger charge is -2.48. The Bertz CT molecular complexity index is 862. The van der Waals surface area contributed by atoms with Crippen molar-refractivity contribution in [3.8, 4) is 0 Å². The molecule has 6 heteroatoms. The van der Waals surface area contributed by atoms with Gasteiger partial charge in [0, 0.05) is 6.42 Å². The van der Waals surface area contributed by atoms with E-state index in [1.165, 1.54) is 14.2 Å². The Morgan fingerprint density at radius 1 is 1.07 bits per heavy atom. The van der Waals surface area contributed by atoms with E-state index in [9.17, 15) is 9.59 Å². The molecule has 152 valence electrons. The van der Waals surface area contributed by atoms with Crippen LogP contribution < -0.4 is 5.06 Å². The molecule has 0 radical (unpaired) electrons. The molecular weight excluding hydrogens is 370 g/mol. The Labute approximate surface area is 170 Å². The topological polar surface area (TPSA) is 65.1 Å². The molecule has 0 spiro atoms. The number of rotatable bonds is 5. The van der Waals surface area contributed by atoms with E-state index in [1.807, 2.05) is 61.5 Å². The fourth-order valence-electron chi connectivity index (χ4n) is 3.79. The first kappa shape index (κ1) is 20.6. The molecule has 3 rings (SSSR count). The predicted octanol–water partition coefficient (Wildman–Crippen LogP) is 3.77. The lowest BCUT2D eigenvalue weighted by atomic mass is 9.71. The van der Waals surface area contributed by atoms with Crippen LogP contribution in [0.15, 0.2) is 67.3 Å². The van der Waals surface area contributed by atoms with Crippen LogP contribution in [-0.2, 0) is 23.9 Å². The average molecular weight is 395 g/mol. The number of nitrogens with zero attached hydrogens (tertiary/aromatic N) is 1. The van der Waals surface area contributed by atoms with Crippen molar-refractivity contribution in [3.05, 3.63) is 78.4 Å². The van der Waals surface area contributed by atoms with E-state index in [-0.39, 0.29) is 6.42 Å². The second-order valence-corrected chi connectivity index (χ2v) is 7.01. The minimum Gasteiger partial charge on any atom is -0.468 e. The van der Waals surface area contributed by atoms with Crippen LogP contribution in [0.5, 0.6) is 0 Å². The third-order valence-electron chi connectivity index (χ3n) is 5.24. The van der Waals surface area contributed by atoms with Crippen LogP contribution in [0.2, 0.25) is 0 Å². The van der Waals surface area contributed by atoms with Gasteiger partial charge in [0.2, 0.25) is 0 Å². The van der Waals surface area contributed by atoms with Crippen molar-refractivity contribution in [2.24, 2.45) is 5.41 Å². The Balaban J connectivity index is 2.27. The molecule has 2 aromatic rings. The normalized spacial score (nSPS) is 20.6. The number of hydrogen-bond acceptors (Lipinski definition) is 6. The maximum atomic E-state index is 13.1. The highest BCUT2D eigenvalue weighted by Gasteiger charge is 2.61. The van der Waals surface area contributed by atoms with Crippen molar-refractivity contribution in [1.29, 1.82) is 0 Å². The summed E-state index contributed by atoms with van der Waals surface area (Å²) >= 11 is 0. The number of aryl methyl sites for hydroxylation is 1. The number of hydrogen-bond donors (Lipinski definition) is 0. The summed E-state index contributed by atoms with van der Waals surface area (Å²) < 4.78 is 10.2. The first-order valence-electron chi connectivity index (χ1n) is 9.35. The zero-order valence-electron chi connectivity index (χ0n) is 16.8. The lowest BCUT2D eigenvalue weighted by Crippen LogP contribution is -2.58. The zero-order chi connectivity index (χ0) is 21.0. The Morgan fingerprint density at radius 3 is 2.17 bits per heavy atom. The molecule has 1 aliphatic rings. The fraction of sp³-hybridized carbons (Fsp3) is 0.304. The van der Waals surface area contributed by atoms with Crippen LogP contribution in [0.25, 0.3) is 0 Å². The van der Waals surface area contributed by atoms with E-state index >= 15 is 0 Å². The van der Waals surface area contributed by atoms with Crippen molar-refractivity contribution >= 4 is 17.6 Å². The molecule has 29 heavy (non-hydrogen) atoms. The number of benzene rings is 2. The summed E-state index contributed by atoms with van der Waals surface area (Å²) in [6.45, 7) is 5.79. The van der Waals surface area contributed by atoms with E-state index in [4.69, 9.17) is 14.3 Å².